The van der Waals surface area contributed by atoms with E-state index in [0.717, 1.165) is 24.9 Å². The molecule has 0 aliphatic rings. The van der Waals surface area contributed by atoms with Crippen LogP contribution in [-0.4, -0.2) is 26.9 Å². The van der Waals surface area contributed by atoms with Gasteiger partial charge < -0.3 is 9.73 Å². The Balaban J connectivity index is 2.14. The molecule has 0 radical (unpaired) electrons. The van der Waals surface area contributed by atoms with Crippen molar-refractivity contribution in [2.24, 2.45) is 0 Å². The molecular formula is C12H17N5O. The molecule has 6 nitrogen and oxygen atoms in total. The van der Waals surface area contributed by atoms with Crippen molar-refractivity contribution in [1.29, 1.82) is 0 Å². The Morgan fingerprint density at radius 3 is 2.83 bits per heavy atom. The second-order valence-corrected chi connectivity index (χ2v) is 3.99. The minimum Gasteiger partial charge on any atom is -0.419 e. The summed E-state index contributed by atoms with van der Waals surface area (Å²) in [5.41, 5.74) is 0.786. The van der Waals surface area contributed by atoms with Crippen LogP contribution in [0.15, 0.2) is 22.9 Å². The molecule has 0 aromatic carbocycles. The van der Waals surface area contributed by atoms with Crippen molar-refractivity contribution < 1.29 is 4.42 Å². The molecule has 0 amide bonds. The summed E-state index contributed by atoms with van der Waals surface area (Å²) in [6.45, 7) is 5.15. The van der Waals surface area contributed by atoms with Gasteiger partial charge in [0.15, 0.2) is 0 Å². The minimum absolute atomic E-state index is 0.112. The van der Waals surface area contributed by atoms with Crippen molar-refractivity contribution >= 4 is 0 Å². The third-order valence-corrected chi connectivity index (χ3v) is 2.62. The van der Waals surface area contributed by atoms with Gasteiger partial charge in [0.25, 0.3) is 0 Å². The molecule has 1 atom stereocenters. The van der Waals surface area contributed by atoms with Crippen molar-refractivity contribution in [2.75, 3.05) is 6.54 Å². The first-order chi connectivity index (χ1) is 8.85. The highest BCUT2D eigenvalue weighted by molar-refractivity contribution is 5.49. The van der Waals surface area contributed by atoms with E-state index in [9.17, 15) is 0 Å². The summed E-state index contributed by atoms with van der Waals surface area (Å²) in [4.78, 5) is 0. The van der Waals surface area contributed by atoms with Gasteiger partial charge in [-0.1, -0.05) is 13.8 Å². The van der Waals surface area contributed by atoms with Gasteiger partial charge in [0.2, 0.25) is 11.8 Å². The number of nitrogens with zero attached hydrogens (tertiary/aromatic N) is 4. The molecule has 1 N–H and O–H groups in total. The maximum absolute atomic E-state index is 5.67. The summed E-state index contributed by atoms with van der Waals surface area (Å²) < 4.78 is 5.67. The largest absolute Gasteiger partial charge is 0.419 e. The molecule has 0 aliphatic heterocycles. The van der Waals surface area contributed by atoms with Gasteiger partial charge in [-0.2, -0.15) is 10.2 Å². The van der Waals surface area contributed by atoms with Crippen LogP contribution in [-0.2, 0) is 0 Å². The zero-order valence-electron chi connectivity index (χ0n) is 10.6. The van der Waals surface area contributed by atoms with Crippen molar-refractivity contribution in [3.8, 4) is 11.5 Å². The van der Waals surface area contributed by atoms with Crippen molar-refractivity contribution in [1.82, 2.24) is 25.7 Å². The van der Waals surface area contributed by atoms with E-state index >= 15 is 0 Å². The fourth-order valence-electron chi connectivity index (χ4n) is 1.63. The number of rotatable bonds is 6. The van der Waals surface area contributed by atoms with Gasteiger partial charge in [-0.15, -0.1) is 10.2 Å². The summed E-state index contributed by atoms with van der Waals surface area (Å²) in [5.74, 6) is 1.11. The summed E-state index contributed by atoms with van der Waals surface area (Å²) >= 11 is 0. The predicted molar refractivity (Wildman–Crippen MR) is 66.6 cm³/mol. The predicted octanol–water partition coefficient (Wildman–Crippen LogP) is 1.98. The molecule has 0 bridgehead atoms. The van der Waals surface area contributed by atoms with Crippen LogP contribution in [0.3, 0.4) is 0 Å². The third kappa shape index (κ3) is 2.89. The summed E-state index contributed by atoms with van der Waals surface area (Å²) in [6, 6.07) is 1.91. The summed E-state index contributed by atoms with van der Waals surface area (Å²) in [6.07, 6.45) is 5.20. The maximum atomic E-state index is 5.67. The number of aromatic nitrogens is 4. The standard InChI is InChI=1S/C12H17N5O/c1-3-6-13-10(4-2)12-17-16-11(18-12)9-5-7-14-15-8-9/h5,7-8,10,13H,3-4,6H2,1-2H3. The zero-order valence-corrected chi connectivity index (χ0v) is 10.6. The molecule has 2 heterocycles. The maximum Gasteiger partial charge on any atom is 0.249 e. The Hall–Kier alpha value is -1.82. The number of hydrogen-bond donors (Lipinski definition) is 1. The van der Waals surface area contributed by atoms with Gasteiger partial charge in [0.1, 0.15) is 0 Å². The first kappa shape index (κ1) is 12.6. The second kappa shape index (κ2) is 6.20. The Kier molecular flexibility index (Phi) is 4.35. The Bertz CT molecular complexity index is 470. The lowest BCUT2D eigenvalue weighted by atomic mass is 10.2. The average Bonchev–Trinajstić information content (AvgIpc) is 2.90. The minimum atomic E-state index is 0.112. The van der Waals surface area contributed by atoms with Crippen LogP contribution in [0.4, 0.5) is 0 Å². The van der Waals surface area contributed by atoms with Gasteiger partial charge >= 0.3 is 0 Å². The van der Waals surface area contributed by atoms with E-state index in [2.05, 4.69) is 39.6 Å². The average molecular weight is 247 g/mol. The first-order valence-corrected chi connectivity index (χ1v) is 6.19. The zero-order chi connectivity index (χ0) is 12.8. The highest BCUT2D eigenvalue weighted by Crippen LogP contribution is 2.20. The molecule has 6 heteroatoms. The van der Waals surface area contributed by atoms with E-state index in [4.69, 9.17) is 4.42 Å². The molecule has 2 aromatic heterocycles. The molecule has 1 unspecified atom stereocenters. The van der Waals surface area contributed by atoms with Gasteiger partial charge in [0, 0.05) is 0 Å². The first-order valence-electron chi connectivity index (χ1n) is 6.19. The molecule has 0 aliphatic carbocycles. The Labute approximate surface area is 106 Å². The smallest absolute Gasteiger partial charge is 0.249 e. The summed E-state index contributed by atoms with van der Waals surface area (Å²) in [7, 11) is 0. The molecule has 0 fully saturated rings. The van der Waals surface area contributed by atoms with Crippen molar-refractivity contribution in [3.63, 3.8) is 0 Å². The van der Waals surface area contributed by atoms with E-state index in [-0.39, 0.29) is 6.04 Å². The van der Waals surface area contributed by atoms with Crippen LogP contribution in [0.1, 0.15) is 38.6 Å². The van der Waals surface area contributed by atoms with Gasteiger partial charge in [0.05, 0.1) is 24.0 Å². The second-order valence-electron chi connectivity index (χ2n) is 3.99. The number of nitrogens with one attached hydrogen (secondary N) is 1. The SMILES string of the molecule is CCCNC(CC)c1nnc(-c2ccnnc2)o1. The van der Waals surface area contributed by atoms with Crippen LogP contribution in [0, 0.1) is 0 Å². The fourth-order valence-corrected chi connectivity index (χ4v) is 1.63. The van der Waals surface area contributed by atoms with Crippen LogP contribution < -0.4 is 5.32 Å². The van der Waals surface area contributed by atoms with Gasteiger partial charge in [-0.05, 0) is 25.5 Å². The van der Waals surface area contributed by atoms with E-state index in [1.54, 1.807) is 18.5 Å². The highest BCUT2D eigenvalue weighted by Gasteiger charge is 2.16. The number of hydrogen-bond acceptors (Lipinski definition) is 6. The summed E-state index contributed by atoms with van der Waals surface area (Å²) in [5, 5.41) is 19.0. The normalized spacial score (nSPS) is 12.6. The lowest BCUT2D eigenvalue weighted by Gasteiger charge is -2.11. The molecule has 18 heavy (non-hydrogen) atoms. The van der Waals surface area contributed by atoms with Crippen molar-refractivity contribution in [2.45, 2.75) is 32.7 Å². The lowest BCUT2D eigenvalue weighted by Crippen LogP contribution is -2.21. The molecule has 0 saturated heterocycles. The van der Waals surface area contributed by atoms with E-state index in [1.807, 2.05) is 0 Å². The molecule has 0 spiro atoms. The third-order valence-electron chi connectivity index (χ3n) is 2.62. The lowest BCUT2D eigenvalue weighted by molar-refractivity contribution is 0.396. The van der Waals surface area contributed by atoms with Gasteiger partial charge in [-0.3, -0.25) is 0 Å². The fraction of sp³-hybridized carbons (Fsp3) is 0.500. The Morgan fingerprint density at radius 2 is 2.17 bits per heavy atom. The van der Waals surface area contributed by atoms with E-state index in [1.165, 1.54) is 0 Å². The molecular weight excluding hydrogens is 230 g/mol. The Morgan fingerprint density at radius 1 is 1.28 bits per heavy atom. The van der Waals surface area contributed by atoms with Crippen LogP contribution in [0.25, 0.3) is 11.5 Å². The highest BCUT2D eigenvalue weighted by atomic mass is 16.4. The van der Waals surface area contributed by atoms with Crippen LogP contribution in [0.5, 0.6) is 0 Å². The van der Waals surface area contributed by atoms with E-state index < -0.39 is 0 Å². The van der Waals surface area contributed by atoms with Crippen LogP contribution >= 0.6 is 0 Å². The van der Waals surface area contributed by atoms with Crippen molar-refractivity contribution in [3.05, 3.63) is 24.4 Å². The molecule has 2 aromatic rings. The molecule has 2 rings (SSSR count). The molecule has 0 saturated carbocycles. The topological polar surface area (TPSA) is 76.7 Å². The van der Waals surface area contributed by atoms with Gasteiger partial charge in [-0.25, -0.2) is 0 Å². The monoisotopic (exact) mass is 247 g/mol. The quantitative estimate of drug-likeness (QED) is 0.841. The van der Waals surface area contributed by atoms with E-state index in [0.29, 0.717) is 11.8 Å². The van der Waals surface area contributed by atoms with Crippen LogP contribution in [0.2, 0.25) is 0 Å². The molecule has 96 valence electrons.